The fourth-order valence-electron chi connectivity index (χ4n) is 14.2. The van der Waals surface area contributed by atoms with Crippen LogP contribution in [0.4, 0.5) is 51.2 Å². The van der Waals surface area contributed by atoms with Crippen molar-refractivity contribution in [2.24, 2.45) is 0 Å². The molecule has 0 spiro atoms. The molecule has 0 radical (unpaired) electrons. The Labute approximate surface area is 476 Å². The normalized spacial score (nSPS) is 17.4. The van der Waals surface area contributed by atoms with Gasteiger partial charge >= 0.3 is 0 Å². The summed E-state index contributed by atoms with van der Waals surface area (Å²) in [4.78, 5) is 7.77. The van der Waals surface area contributed by atoms with Gasteiger partial charge in [-0.05, 0) is 187 Å². The molecule has 0 unspecified atom stereocenters. The number of thiophene rings is 1. The Morgan fingerprint density at radius 1 is 0.456 bits per heavy atom. The van der Waals surface area contributed by atoms with E-state index in [-0.39, 0.29) is 39.2 Å². The molecule has 4 aliphatic rings. The summed E-state index contributed by atoms with van der Waals surface area (Å²) in [5.41, 5.74) is 25.0. The molecule has 0 fully saturated rings. The Kier molecular flexibility index (Phi) is 11.7. The van der Waals surface area contributed by atoms with Gasteiger partial charge in [-0.15, -0.1) is 11.3 Å². The summed E-state index contributed by atoms with van der Waals surface area (Å²) in [7, 11) is 0. The monoisotopic (exact) mass is 1050 g/mol. The van der Waals surface area contributed by atoms with E-state index in [4.69, 9.17) is 0 Å². The summed E-state index contributed by atoms with van der Waals surface area (Å²) in [6, 6.07) is 66.1. The molecule has 5 heteroatoms. The molecule has 0 amide bonds. The van der Waals surface area contributed by atoms with Gasteiger partial charge in [0.15, 0.2) is 0 Å². The predicted molar refractivity (Wildman–Crippen MR) is 344 cm³/mol. The second-order valence-electron chi connectivity index (χ2n) is 28.3. The Hall–Kier alpha value is -6.82. The highest BCUT2D eigenvalue weighted by atomic mass is 32.1. The van der Waals surface area contributed by atoms with Gasteiger partial charge in [0.25, 0.3) is 6.71 Å². The maximum absolute atomic E-state index is 2.64. The zero-order valence-corrected chi connectivity index (χ0v) is 50.1. The summed E-state index contributed by atoms with van der Waals surface area (Å²) in [5.74, 6) is 0. The molecular formula is C74H78BN3S. The molecule has 3 nitrogen and oxygen atoms in total. The van der Waals surface area contributed by atoms with E-state index >= 15 is 0 Å². The van der Waals surface area contributed by atoms with E-state index in [0.717, 1.165) is 23.5 Å². The summed E-state index contributed by atoms with van der Waals surface area (Å²) >= 11 is 2.03. The van der Waals surface area contributed by atoms with Crippen LogP contribution in [0.3, 0.4) is 0 Å². The highest BCUT2D eigenvalue weighted by Gasteiger charge is 2.47. The molecule has 3 heterocycles. The van der Waals surface area contributed by atoms with Gasteiger partial charge in [0.2, 0.25) is 0 Å². The molecule has 0 bridgehead atoms. The van der Waals surface area contributed by atoms with E-state index in [1.54, 1.807) is 0 Å². The van der Waals surface area contributed by atoms with E-state index in [2.05, 4.69) is 281 Å². The number of rotatable bonds is 6. The number of anilines is 9. The first kappa shape index (κ1) is 51.6. The van der Waals surface area contributed by atoms with E-state index in [1.165, 1.54) is 124 Å². The summed E-state index contributed by atoms with van der Waals surface area (Å²) < 4.78 is 2.79. The molecule has 0 atom stereocenters. The maximum Gasteiger partial charge on any atom is 0.264 e. The van der Waals surface area contributed by atoms with Gasteiger partial charge in [0.1, 0.15) is 0 Å². The van der Waals surface area contributed by atoms with Crippen LogP contribution in [0.1, 0.15) is 156 Å². The van der Waals surface area contributed by atoms with Gasteiger partial charge in [0.05, 0.1) is 11.4 Å². The van der Waals surface area contributed by atoms with E-state index < -0.39 is 0 Å². The van der Waals surface area contributed by atoms with Crippen LogP contribution in [0.25, 0.3) is 21.2 Å². The average molecular weight is 1050 g/mol. The second-order valence-corrected chi connectivity index (χ2v) is 29.4. The fraction of sp³-hybridized carbons (Fsp3) is 0.324. The first-order chi connectivity index (χ1) is 37.4. The van der Waals surface area contributed by atoms with Crippen molar-refractivity contribution in [3.63, 3.8) is 0 Å². The maximum atomic E-state index is 2.64. The Bertz CT molecular complexity index is 3880. The van der Waals surface area contributed by atoms with Crippen LogP contribution in [0.2, 0.25) is 0 Å². The molecule has 9 aromatic rings. The molecule has 0 saturated heterocycles. The lowest BCUT2D eigenvalue weighted by Gasteiger charge is -2.44. The van der Waals surface area contributed by atoms with Crippen LogP contribution in [0.15, 0.2) is 170 Å². The van der Waals surface area contributed by atoms with Crippen molar-refractivity contribution in [1.82, 2.24) is 0 Å². The zero-order chi connectivity index (χ0) is 55.3. The van der Waals surface area contributed by atoms with Gasteiger partial charge in [-0.2, -0.15) is 0 Å². The highest BCUT2D eigenvalue weighted by Crippen LogP contribution is 2.55. The number of hydrogen-bond donors (Lipinski definition) is 0. The number of para-hydroxylation sites is 2. The van der Waals surface area contributed by atoms with Crippen molar-refractivity contribution in [2.75, 3.05) is 14.7 Å². The summed E-state index contributed by atoms with van der Waals surface area (Å²) in [6.45, 7) is 33.6. The largest absolute Gasteiger partial charge is 0.311 e. The lowest BCUT2D eigenvalue weighted by Crippen LogP contribution is -2.60. The van der Waals surface area contributed by atoms with Gasteiger partial charge < -0.3 is 14.7 Å². The van der Waals surface area contributed by atoms with E-state index in [0.29, 0.717) is 0 Å². The molecule has 0 N–H and O–H groups in total. The van der Waals surface area contributed by atoms with Crippen molar-refractivity contribution in [2.45, 2.75) is 155 Å². The van der Waals surface area contributed by atoms with Crippen LogP contribution in [-0.4, -0.2) is 6.71 Å². The van der Waals surface area contributed by atoms with Gasteiger partial charge in [-0.25, -0.2) is 0 Å². The Morgan fingerprint density at radius 2 is 0.987 bits per heavy atom. The Balaban J connectivity index is 1.08. The fourth-order valence-corrected chi connectivity index (χ4v) is 15.6. The van der Waals surface area contributed by atoms with Crippen molar-refractivity contribution < 1.29 is 0 Å². The van der Waals surface area contributed by atoms with Gasteiger partial charge in [-0.1, -0.05) is 188 Å². The van der Waals surface area contributed by atoms with Crippen molar-refractivity contribution >= 4 is 95.0 Å². The van der Waals surface area contributed by atoms with Crippen molar-refractivity contribution in [3.8, 4) is 11.1 Å². The molecular weight excluding hydrogens is 974 g/mol. The van der Waals surface area contributed by atoms with Crippen LogP contribution >= 0.6 is 11.3 Å². The lowest BCUT2D eigenvalue weighted by atomic mass is 9.36. The van der Waals surface area contributed by atoms with Crippen molar-refractivity contribution in [3.05, 3.63) is 203 Å². The first-order valence-corrected chi connectivity index (χ1v) is 30.0. The third kappa shape index (κ3) is 8.25. The lowest BCUT2D eigenvalue weighted by molar-refractivity contribution is 0.332. The molecule has 2 aliphatic heterocycles. The molecule has 13 rings (SSSR count). The summed E-state index contributed by atoms with van der Waals surface area (Å²) in [5, 5.41) is 1.36. The quantitative estimate of drug-likeness (QED) is 0.154. The topological polar surface area (TPSA) is 9.72 Å². The molecule has 8 aromatic carbocycles. The Morgan fingerprint density at radius 3 is 1.62 bits per heavy atom. The molecule has 0 saturated carbocycles. The van der Waals surface area contributed by atoms with E-state index in [1.807, 2.05) is 11.3 Å². The summed E-state index contributed by atoms with van der Waals surface area (Å²) in [6.07, 6.45) is 4.68. The van der Waals surface area contributed by atoms with Crippen LogP contribution in [0.5, 0.6) is 0 Å². The zero-order valence-electron chi connectivity index (χ0n) is 49.3. The van der Waals surface area contributed by atoms with Gasteiger partial charge in [-0.3, -0.25) is 0 Å². The minimum Gasteiger partial charge on any atom is -0.311 e. The third-order valence-corrected chi connectivity index (χ3v) is 20.3. The number of hydrogen-bond acceptors (Lipinski definition) is 4. The second kappa shape index (κ2) is 17.8. The number of fused-ring (bicyclic) bond motifs is 8. The smallest absolute Gasteiger partial charge is 0.264 e. The number of benzene rings is 8. The van der Waals surface area contributed by atoms with Gasteiger partial charge in [0, 0.05) is 60.2 Å². The molecule has 1 aromatic heterocycles. The van der Waals surface area contributed by atoms with Crippen LogP contribution < -0.4 is 30.4 Å². The van der Waals surface area contributed by atoms with Crippen molar-refractivity contribution in [1.29, 1.82) is 0 Å². The minimum atomic E-state index is -0.00483. The molecule has 79 heavy (non-hydrogen) atoms. The SMILES string of the molecule is CC(C)(C)c1ccc(N2c3cc(N(c4ccccc4)c4ccccc4-c4cccc5c4C(C)(C)CCC5(C)C)ccc3B3c4sc5cc6c(cc5c4N(c4ccc(C(C)(C)C)cc4)c4cccc2c43)C(C)(C)CCC6(C)C)cc1. The average Bonchev–Trinajstić information content (AvgIpc) is 3.59. The van der Waals surface area contributed by atoms with E-state index in [9.17, 15) is 0 Å². The van der Waals surface area contributed by atoms with Crippen LogP contribution in [0, 0.1) is 0 Å². The predicted octanol–water partition coefficient (Wildman–Crippen LogP) is 19.4. The standard InChI is InChI=1S/C74H78BN3S/c1-69(2,3)47-30-34-50(35-31-47)77-61-28-21-29-62-66(61)75(68-67(78(62)51-36-32-48(33-37-51)70(4,5)6)55-45-57-58(46-64(55)79-68)73(11,12)41-40-72(57,9)10)59-39-38-52(44-63(59)77)76(49-22-16-15-17-23-49)60-27-19-18-24-53(60)54-25-20-26-56-65(54)74(13,14)43-42-71(56,7)8/h15-39,44-46H,40-43H2,1-14H3. The minimum absolute atomic E-state index is 0.00483. The van der Waals surface area contributed by atoms with Crippen LogP contribution in [-0.2, 0) is 32.5 Å². The highest BCUT2D eigenvalue weighted by molar-refractivity contribution is 7.33. The number of nitrogens with zero attached hydrogens (tertiary/aromatic N) is 3. The molecule has 2 aliphatic carbocycles. The third-order valence-electron chi connectivity index (χ3n) is 19.1. The molecule has 398 valence electrons. The first-order valence-electron chi connectivity index (χ1n) is 29.2.